The molecule has 0 atom stereocenters. The van der Waals surface area contributed by atoms with Crippen LogP contribution in [0.1, 0.15) is 37.7 Å². The van der Waals surface area contributed by atoms with Crippen molar-refractivity contribution < 1.29 is 9.59 Å². The molecule has 1 rings (SSSR count). The number of rotatable bonds is 6. The monoisotopic (exact) mass is 265 g/mol. The number of nitrogens with zero attached hydrogens (tertiary/aromatic N) is 2. The van der Waals surface area contributed by atoms with Crippen molar-refractivity contribution in [1.29, 1.82) is 0 Å². The fraction of sp³-hybridized carbons (Fsp3) is 0.500. The Morgan fingerprint density at radius 2 is 2.00 bits per heavy atom. The van der Waals surface area contributed by atoms with Crippen molar-refractivity contribution >= 4 is 17.6 Å². The topological polar surface area (TPSA) is 110 Å². The van der Waals surface area contributed by atoms with E-state index < -0.39 is 11.4 Å². The van der Waals surface area contributed by atoms with Gasteiger partial charge in [0.25, 0.3) is 5.91 Å². The summed E-state index contributed by atoms with van der Waals surface area (Å²) in [5.74, 6) is -0.179. The maximum Gasteiger partial charge on any atom is 0.271 e. The number of anilines is 1. The number of nitrogens with one attached hydrogen (secondary N) is 2. The lowest BCUT2D eigenvalue weighted by Gasteiger charge is -2.24. The molecule has 19 heavy (non-hydrogen) atoms. The van der Waals surface area contributed by atoms with E-state index in [1.807, 2.05) is 20.8 Å². The van der Waals surface area contributed by atoms with Crippen LogP contribution in [0.15, 0.2) is 12.1 Å². The van der Waals surface area contributed by atoms with Gasteiger partial charge in [0, 0.05) is 18.5 Å². The average Bonchev–Trinajstić information content (AvgIpc) is 2.27. The van der Waals surface area contributed by atoms with Crippen LogP contribution >= 0.6 is 0 Å². The third-order valence-electron chi connectivity index (χ3n) is 2.32. The fourth-order valence-corrected chi connectivity index (χ4v) is 1.60. The molecule has 0 aromatic carbocycles. The van der Waals surface area contributed by atoms with E-state index in [0.717, 1.165) is 0 Å². The van der Waals surface area contributed by atoms with Crippen molar-refractivity contribution in [2.24, 2.45) is 5.73 Å². The highest BCUT2D eigenvalue weighted by Crippen LogP contribution is 2.15. The van der Waals surface area contributed by atoms with Crippen molar-refractivity contribution in [1.82, 2.24) is 15.5 Å². The molecule has 0 bridgehead atoms. The molecular weight excluding hydrogens is 246 g/mol. The summed E-state index contributed by atoms with van der Waals surface area (Å²) in [4.78, 5) is 22.4. The van der Waals surface area contributed by atoms with Gasteiger partial charge in [0.15, 0.2) is 5.69 Å². The van der Waals surface area contributed by atoms with Gasteiger partial charge in [0.2, 0.25) is 5.91 Å². The molecule has 0 aliphatic carbocycles. The molecule has 0 saturated carbocycles. The van der Waals surface area contributed by atoms with Crippen LogP contribution in [0.25, 0.3) is 0 Å². The highest BCUT2D eigenvalue weighted by Gasteiger charge is 2.21. The molecule has 0 saturated heterocycles. The molecule has 0 aliphatic rings. The van der Waals surface area contributed by atoms with Gasteiger partial charge in [0.05, 0.1) is 0 Å². The number of amides is 2. The third kappa shape index (κ3) is 4.90. The van der Waals surface area contributed by atoms with E-state index in [1.165, 1.54) is 0 Å². The Hall–Kier alpha value is -2.18. The molecule has 0 radical (unpaired) electrons. The van der Waals surface area contributed by atoms with Gasteiger partial charge >= 0.3 is 0 Å². The van der Waals surface area contributed by atoms with Gasteiger partial charge in [-0.2, -0.15) is 0 Å². The molecule has 7 nitrogen and oxygen atoms in total. The van der Waals surface area contributed by atoms with E-state index >= 15 is 0 Å². The molecular formula is C12H19N5O2. The normalized spacial score (nSPS) is 10.9. The van der Waals surface area contributed by atoms with Gasteiger partial charge in [-0.25, -0.2) is 0 Å². The van der Waals surface area contributed by atoms with Gasteiger partial charge < -0.3 is 16.4 Å². The van der Waals surface area contributed by atoms with E-state index in [-0.39, 0.29) is 18.0 Å². The lowest BCUT2D eigenvalue weighted by atomic mass is 10.0. The van der Waals surface area contributed by atoms with Crippen LogP contribution in [-0.4, -0.2) is 34.1 Å². The summed E-state index contributed by atoms with van der Waals surface area (Å²) in [6.07, 6.45) is 0.173. The largest absolute Gasteiger partial charge is 0.370 e. The van der Waals surface area contributed by atoms with Crippen molar-refractivity contribution in [3.63, 3.8) is 0 Å². The Labute approximate surface area is 112 Å². The van der Waals surface area contributed by atoms with Gasteiger partial charge in [0.1, 0.15) is 5.82 Å². The smallest absolute Gasteiger partial charge is 0.271 e. The van der Waals surface area contributed by atoms with Crippen LogP contribution in [0.5, 0.6) is 0 Å². The minimum absolute atomic E-state index is 0.173. The molecule has 7 heteroatoms. The second-order valence-electron chi connectivity index (χ2n) is 4.82. The molecule has 1 heterocycles. The van der Waals surface area contributed by atoms with Crippen molar-refractivity contribution in [3.05, 3.63) is 17.8 Å². The van der Waals surface area contributed by atoms with Gasteiger partial charge in [-0.15, -0.1) is 10.2 Å². The van der Waals surface area contributed by atoms with E-state index in [4.69, 9.17) is 5.73 Å². The zero-order chi connectivity index (χ0) is 14.5. The standard InChI is InChI=1S/C12H19N5O2/c1-4-14-11(19)8-5-6-10(17-16-8)15-12(2,3)7-9(13)18/h5-6H,4,7H2,1-3H3,(H2,13,18)(H,14,19)(H,15,17). The lowest BCUT2D eigenvalue weighted by molar-refractivity contribution is -0.118. The van der Waals surface area contributed by atoms with Gasteiger partial charge in [-0.1, -0.05) is 0 Å². The van der Waals surface area contributed by atoms with Crippen LogP contribution in [-0.2, 0) is 4.79 Å². The second kappa shape index (κ2) is 6.12. The third-order valence-corrected chi connectivity index (χ3v) is 2.32. The summed E-state index contributed by atoms with van der Waals surface area (Å²) in [5.41, 5.74) is 4.89. The van der Waals surface area contributed by atoms with Gasteiger partial charge in [-0.05, 0) is 32.9 Å². The summed E-state index contributed by atoms with van der Waals surface area (Å²) < 4.78 is 0. The second-order valence-corrected chi connectivity index (χ2v) is 4.82. The average molecular weight is 265 g/mol. The fourth-order valence-electron chi connectivity index (χ4n) is 1.60. The number of nitrogens with two attached hydrogens (primary N) is 1. The van der Waals surface area contributed by atoms with Crippen LogP contribution in [0, 0.1) is 0 Å². The molecule has 1 aromatic rings. The maximum atomic E-state index is 11.5. The molecule has 1 aromatic heterocycles. The Bertz CT molecular complexity index is 456. The van der Waals surface area contributed by atoms with Crippen molar-refractivity contribution in [2.45, 2.75) is 32.7 Å². The minimum atomic E-state index is -0.520. The first-order chi connectivity index (χ1) is 8.84. The SMILES string of the molecule is CCNC(=O)c1ccc(NC(C)(C)CC(N)=O)nn1. The predicted octanol–water partition coefficient (Wildman–Crippen LogP) is 0.292. The quantitative estimate of drug-likeness (QED) is 0.685. The summed E-state index contributed by atoms with van der Waals surface area (Å²) in [6, 6.07) is 3.21. The van der Waals surface area contributed by atoms with Crippen LogP contribution in [0.3, 0.4) is 0 Å². The summed E-state index contributed by atoms with van der Waals surface area (Å²) in [7, 11) is 0. The molecule has 0 spiro atoms. The number of aromatic nitrogens is 2. The Morgan fingerprint density at radius 1 is 1.32 bits per heavy atom. The molecule has 2 amide bonds. The maximum absolute atomic E-state index is 11.5. The van der Waals surface area contributed by atoms with Crippen LogP contribution in [0.4, 0.5) is 5.82 Å². The first-order valence-corrected chi connectivity index (χ1v) is 6.02. The van der Waals surface area contributed by atoms with Crippen molar-refractivity contribution in [2.75, 3.05) is 11.9 Å². The zero-order valence-electron chi connectivity index (χ0n) is 11.4. The number of carbonyl (C=O) groups excluding carboxylic acids is 2. The molecule has 0 unspecified atom stereocenters. The van der Waals surface area contributed by atoms with Crippen LogP contribution < -0.4 is 16.4 Å². The van der Waals surface area contributed by atoms with E-state index in [0.29, 0.717) is 12.4 Å². The Balaban J connectivity index is 2.71. The summed E-state index contributed by atoms with van der Waals surface area (Å²) in [6.45, 7) is 6.02. The van der Waals surface area contributed by atoms with E-state index in [2.05, 4.69) is 20.8 Å². The summed E-state index contributed by atoms with van der Waals surface area (Å²) in [5, 5.41) is 13.4. The van der Waals surface area contributed by atoms with Crippen LogP contribution in [0.2, 0.25) is 0 Å². The Kier molecular flexibility index (Phi) is 4.80. The summed E-state index contributed by atoms with van der Waals surface area (Å²) >= 11 is 0. The lowest BCUT2D eigenvalue weighted by Crippen LogP contribution is -2.36. The first kappa shape index (κ1) is 14.9. The van der Waals surface area contributed by atoms with E-state index in [1.54, 1.807) is 12.1 Å². The van der Waals surface area contributed by atoms with E-state index in [9.17, 15) is 9.59 Å². The number of hydrogen-bond acceptors (Lipinski definition) is 5. The van der Waals surface area contributed by atoms with Gasteiger partial charge in [-0.3, -0.25) is 9.59 Å². The number of hydrogen-bond donors (Lipinski definition) is 3. The Morgan fingerprint density at radius 3 is 2.47 bits per heavy atom. The highest BCUT2D eigenvalue weighted by atomic mass is 16.2. The molecule has 4 N–H and O–H groups in total. The van der Waals surface area contributed by atoms with Crippen molar-refractivity contribution in [3.8, 4) is 0 Å². The molecule has 0 aliphatic heterocycles. The number of primary amides is 1. The zero-order valence-corrected chi connectivity index (χ0v) is 11.4. The predicted molar refractivity (Wildman–Crippen MR) is 71.6 cm³/mol. The molecule has 104 valence electrons. The first-order valence-electron chi connectivity index (χ1n) is 6.02. The minimum Gasteiger partial charge on any atom is -0.370 e. The molecule has 0 fully saturated rings. The highest BCUT2D eigenvalue weighted by molar-refractivity contribution is 5.92. The number of carbonyl (C=O) groups is 2.